The van der Waals surface area contributed by atoms with Crippen LogP contribution >= 0.6 is 0 Å². The molecular formula is C14H21N3O2. The van der Waals surface area contributed by atoms with Gasteiger partial charge in [-0.15, -0.1) is 0 Å². The topological polar surface area (TPSA) is 72.4 Å². The van der Waals surface area contributed by atoms with E-state index in [-0.39, 0.29) is 11.4 Å². The zero-order chi connectivity index (χ0) is 14.0. The predicted molar refractivity (Wildman–Crippen MR) is 75.7 cm³/mol. The molecule has 1 aliphatic rings. The van der Waals surface area contributed by atoms with Crippen molar-refractivity contribution in [3.05, 3.63) is 33.9 Å². The molecule has 1 fully saturated rings. The van der Waals surface area contributed by atoms with Crippen molar-refractivity contribution in [3.8, 4) is 0 Å². The second kappa shape index (κ2) is 5.57. The van der Waals surface area contributed by atoms with Crippen LogP contribution in [0.4, 0.5) is 11.4 Å². The molecule has 104 valence electrons. The summed E-state index contributed by atoms with van der Waals surface area (Å²) in [6.07, 6.45) is 1.22. The van der Waals surface area contributed by atoms with Crippen molar-refractivity contribution < 1.29 is 4.92 Å². The van der Waals surface area contributed by atoms with E-state index in [0.717, 1.165) is 31.1 Å². The summed E-state index contributed by atoms with van der Waals surface area (Å²) in [5.41, 5.74) is 6.81. The molecule has 0 amide bonds. The van der Waals surface area contributed by atoms with Crippen LogP contribution in [0.25, 0.3) is 0 Å². The molecule has 1 unspecified atom stereocenters. The molecule has 2 N–H and O–H groups in total. The summed E-state index contributed by atoms with van der Waals surface area (Å²) < 4.78 is 0. The van der Waals surface area contributed by atoms with E-state index in [2.05, 4.69) is 18.7 Å². The quantitative estimate of drug-likeness (QED) is 0.515. The number of hydrogen-bond acceptors (Lipinski definition) is 4. The average molecular weight is 263 g/mol. The van der Waals surface area contributed by atoms with Crippen LogP contribution in [-0.2, 0) is 6.54 Å². The molecule has 19 heavy (non-hydrogen) atoms. The highest BCUT2D eigenvalue weighted by molar-refractivity contribution is 5.59. The molecule has 5 nitrogen and oxygen atoms in total. The molecule has 1 aromatic carbocycles. The molecule has 5 heteroatoms. The Balaban J connectivity index is 2.04. The summed E-state index contributed by atoms with van der Waals surface area (Å²) in [4.78, 5) is 12.8. The van der Waals surface area contributed by atoms with Crippen molar-refractivity contribution in [3.63, 3.8) is 0 Å². The minimum atomic E-state index is -0.417. The zero-order valence-corrected chi connectivity index (χ0v) is 11.5. The van der Waals surface area contributed by atoms with Crippen LogP contribution < -0.4 is 5.73 Å². The first-order chi connectivity index (χ1) is 8.97. The van der Waals surface area contributed by atoms with Crippen molar-refractivity contribution in [2.75, 3.05) is 18.8 Å². The Bertz CT molecular complexity index is 474. The molecule has 1 aliphatic heterocycles. The van der Waals surface area contributed by atoms with Crippen LogP contribution in [0, 0.1) is 22.0 Å². The minimum absolute atomic E-state index is 0.0112. The summed E-state index contributed by atoms with van der Waals surface area (Å²) >= 11 is 0. The largest absolute Gasteiger partial charge is 0.393 e. The number of likely N-dealkylation sites (tertiary alicyclic amines) is 1. The highest BCUT2D eigenvalue weighted by Gasteiger charge is 2.25. The van der Waals surface area contributed by atoms with E-state index < -0.39 is 4.92 Å². The summed E-state index contributed by atoms with van der Waals surface area (Å²) in [5.74, 6) is 1.44. The van der Waals surface area contributed by atoms with Crippen LogP contribution in [0.1, 0.15) is 25.8 Å². The maximum Gasteiger partial charge on any atom is 0.292 e. The highest BCUT2D eigenvalue weighted by Crippen LogP contribution is 2.27. The normalized spacial score (nSPS) is 20.1. The molecule has 1 saturated heterocycles. The molecule has 0 radical (unpaired) electrons. The third-order valence-electron chi connectivity index (χ3n) is 3.95. The van der Waals surface area contributed by atoms with Crippen molar-refractivity contribution in [2.45, 2.75) is 26.8 Å². The fourth-order valence-corrected chi connectivity index (χ4v) is 2.65. The van der Waals surface area contributed by atoms with Gasteiger partial charge in [-0.2, -0.15) is 0 Å². The van der Waals surface area contributed by atoms with Crippen molar-refractivity contribution >= 4 is 11.4 Å². The molecule has 0 spiro atoms. The second-order valence-corrected chi connectivity index (χ2v) is 5.68. The third-order valence-corrected chi connectivity index (χ3v) is 3.95. The molecule has 1 heterocycles. The van der Waals surface area contributed by atoms with E-state index in [4.69, 9.17) is 5.73 Å². The lowest BCUT2D eigenvalue weighted by Crippen LogP contribution is -2.21. The van der Waals surface area contributed by atoms with Crippen LogP contribution in [-0.4, -0.2) is 22.9 Å². The van der Waals surface area contributed by atoms with Gasteiger partial charge in [-0.1, -0.05) is 19.9 Å². The van der Waals surface area contributed by atoms with Crippen LogP contribution in [0.15, 0.2) is 18.2 Å². The van der Waals surface area contributed by atoms with Gasteiger partial charge in [-0.3, -0.25) is 15.0 Å². The number of nitrogens with zero attached hydrogens (tertiary/aromatic N) is 2. The first-order valence-electron chi connectivity index (χ1n) is 6.72. The van der Waals surface area contributed by atoms with Gasteiger partial charge < -0.3 is 5.73 Å². The molecule has 1 aromatic rings. The Hall–Kier alpha value is -1.62. The number of nitrogen functional groups attached to an aromatic ring is 1. The predicted octanol–water partition coefficient (Wildman–Crippen LogP) is 2.65. The maximum absolute atomic E-state index is 10.9. The number of rotatable bonds is 4. The summed E-state index contributed by atoms with van der Waals surface area (Å²) in [5, 5.41) is 10.9. The SMILES string of the molecule is CC(C)C1CCN(Cc2ccc(N)c([N+](=O)[O-])c2)C1. The number of hydrogen-bond donors (Lipinski definition) is 1. The van der Waals surface area contributed by atoms with Gasteiger partial charge in [0.1, 0.15) is 5.69 Å². The van der Waals surface area contributed by atoms with E-state index in [9.17, 15) is 10.1 Å². The van der Waals surface area contributed by atoms with Crippen molar-refractivity contribution in [1.82, 2.24) is 4.90 Å². The van der Waals surface area contributed by atoms with Crippen molar-refractivity contribution in [2.24, 2.45) is 11.8 Å². The number of anilines is 1. The fourth-order valence-electron chi connectivity index (χ4n) is 2.65. The standard InChI is InChI=1S/C14H21N3O2/c1-10(2)12-5-6-16(9-12)8-11-3-4-13(15)14(7-11)17(18)19/h3-4,7,10,12H,5-6,8-9,15H2,1-2H3. The van der Waals surface area contributed by atoms with Crippen LogP contribution in [0.5, 0.6) is 0 Å². The van der Waals surface area contributed by atoms with Gasteiger partial charge in [0.25, 0.3) is 5.69 Å². The van der Waals surface area contributed by atoms with Crippen LogP contribution in [0.3, 0.4) is 0 Å². The number of nitro benzene ring substituents is 1. The first-order valence-corrected chi connectivity index (χ1v) is 6.72. The highest BCUT2D eigenvalue weighted by atomic mass is 16.6. The van der Waals surface area contributed by atoms with Gasteiger partial charge in [0, 0.05) is 19.2 Å². The van der Waals surface area contributed by atoms with Gasteiger partial charge in [0.2, 0.25) is 0 Å². The Morgan fingerprint density at radius 2 is 2.26 bits per heavy atom. The summed E-state index contributed by atoms with van der Waals surface area (Å²) in [6, 6.07) is 5.10. The van der Waals surface area contributed by atoms with Gasteiger partial charge in [0.05, 0.1) is 4.92 Å². The first kappa shape index (κ1) is 13.8. The maximum atomic E-state index is 10.9. The van der Waals surface area contributed by atoms with E-state index >= 15 is 0 Å². The molecule has 0 saturated carbocycles. The van der Waals surface area contributed by atoms with Crippen molar-refractivity contribution in [1.29, 1.82) is 0 Å². The van der Waals surface area contributed by atoms with Gasteiger partial charge in [-0.25, -0.2) is 0 Å². The molecular weight excluding hydrogens is 242 g/mol. The zero-order valence-electron chi connectivity index (χ0n) is 11.5. The Kier molecular flexibility index (Phi) is 4.04. The number of benzene rings is 1. The molecule has 1 atom stereocenters. The molecule has 0 aliphatic carbocycles. The summed E-state index contributed by atoms with van der Waals surface area (Å²) in [7, 11) is 0. The molecule has 0 bridgehead atoms. The van der Waals surface area contributed by atoms with Gasteiger partial charge in [-0.05, 0) is 36.4 Å². The molecule has 2 rings (SSSR count). The van der Waals surface area contributed by atoms with Gasteiger partial charge >= 0.3 is 0 Å². The van der Waals surface area contributed by atoms with E-state index in [1.165, 1.54) is 6.42 Å². The Morgan fingerprint density at radius 3 is 2.84 bits per heavy atom. The van der Waals surface area contributed by atoms with E-state index in [1.54, 1.807) is 12.1 Å². The Morgan fingerprint density at radius 1 is 1.53 bits per heavy atom. The number of nitrogens with two attached hydrogens (primary N) is 1. The minimum Gasteiger partial charge on any atom is -0.393 e. The van der Waals surface area contributed by atoms with Crippen LogP contribution in [0.2, 0.25) is 0 Å². The lowest BCUT2D eigenvalue weighted by Gasteiger charge is -2.17. The third kappa shape index (κ3) is 3.23. The van der Waals surface area contributed by atoms with Gasteiger partial charge in [0.15, 0.2) is 0 Å². The second-order valence-electron chi connectivity index (χ2n) is 5.68. The average Bonchev–Trinajstić information content (AvgIpc) is 2.80. The monoisotopic (exact) mass is 263 g/mol. The lowest BCUT2D eigenvalue weighted by atomic mass is 9.95. The number of nitro groups is 1. The molecule has 0 aromatic heterocycles. The lowest BCUT2D eigenvalue weighted by molar-refractivity contribution is -0.384. The van der Waals surface area contributed by atoms with E-state index in [0.29, 0.717) is 5.92 Å². The summed E-state index contributed by atoms with van der Waals surface area (Å²) in [6.45, 7) is 7.42. The Labute approximate surface area is 113 Å². The van der Waals surface area contributed by atoms with E-state index in [1.807, 2.05) is 6.07 Å². The smallest absolute Gasteiger partial charge is 0.292 e. The fraction of sp³-hybridized carbons (Fsp3) is 0.571.